The van der Waals surface area contributed by atoms with Gasteiger partial charge in [-0.3, -0.25) is 4.90 Å². The van der Waals surface area contributed by atoms with Crippen LogP contribution in [0.25, 0.3) is 0 Å². The van der Waals surface area contributed by atoms with Crippen molar-refractivity contribution in [3.05, 3.63) is 22.7 Å². The number of benzene rings is 1. The lowest BCUT2D eigenvalue weighted by molar-refractivity contribution is 0.249. The summed E-state index contributed by atoms with van der Waals surface area (Å²) in [6.45, 7) is 0. The zero-order valence-corrected chi connectivity index (χ0v) is 10.5. The van der Waals surface area contributed by atoms with Gasteiger partial charge in [0.05, 0.1) is 12.8 Å². The minimum absolute atomic E-state index is 0.189. The van der Waals surface area contributed by atoms with Crippen LogP contribution in [0.5, 0.6) is 5.75 Å². The first-order valence-electron chi connectivity index (χ1n) is 4.39. The van der Waals surface area contributed by atoms with E-state index in [1.165, 1.54) is 4.90 Å². The summed E-state index contributed by atoms with van der Waals surface area (Å²) in [5.74, 6) is 0.657. The van der Waals surface area contributed by atoms with Crippen LogP contribution in [0.15, 0.2) is 22.7 Å². The summed E-state index contributed by atoms with van der Waals surface area (Å²) in [7, 11) is 4.84. The number of hydrogen-bond acceptors (Lipinski definition) is 2. The van der Waals surface area contributed by atoms with Crippen LogP contribution >= 0.6 is 15.9 Å². The minimum Gasteiger partial charge on any atom is -0.495 e. The van der Waals surface area contributed by atoms with Gasteiger partial charge in [-0.2, -0.15) is 0 Å². The number of rotatable bonds is 2. The van der Waals surface area contributed by atoms with Crippen LogP contribution < -0.4 is 15.0 Å². The molecular weight excluding hydrogens is 260 g/mol. The summed E-state index contributed by atoms with van der Waals surface area (Å²) < 4.78 is 6.07. The highest BCUT2D eigenvalue weighted by molar-refractivity contribution is 9.10. The summed E-state index contributed by atoms with van der Waals surface area (Å²) in [5, 5.41) is 2.55. The third-order valence-corrected chi connectivity index (χ3v) is 2.51. The van der Waals surface area contributed by atoms with Gasteiger partial charge in [-0.05, 0) is 18.2 Å². The maximum Gasteiger partial charge on any atom is 0.321 e. The predicted octanol–water partition coefficient (Wildman–Crippen LogP) is 2.23. The Morgan fingerprint density at radius 1 is 1.53 bits per heavy atom. The molecule has 0 spiro atoms. The number of carbonyl (C=O) groups is 1. The second kappa shape index (κ2) is 5.02. The lowest BCUT2D eigenvalue weighted by Gasteiger charge is -2.19. The van der Waals surface area contributed by atoms with E-state index in [1.54, 1.807) is 27.3 Å². The Labute approximate surface area is 97.3 Å². The third kappa shape index (κ3) is 2.62. The SMILES string of the molecule is CNC(=O)N(C)c1cc(Br)ccc1OC. The largest absolute Gasteiger partial charge is 0.495 e. The molecule has 2 amide bonds. The Morgan fingerprint density at radius 2 is 2.20 bits per heavy atom. The van der Waals surface area contributed by atoms with Crippen LogP contribution in [0.1, 0.15) is 0 Å². The Balaban J connectivity index is 3.10. The van der Waals surface area contributed by atoms with Crippen LogP contribution in [0.4, 0.5) is 10.5 Å². The molecule has 0 unspecified atom stereocenters. The van der Waals surface area contributed by atoms with Crippen LogP contribution in [0.2, 0.25) is 0 Å². The van der Waals surface area contributed by atoms with Gasteiger partial charge in [0, 0.05) is 18.6 Å². The number of methoxy groups -OCH3 is 1. The Hall–Kier alpha value is -1.23. The second-order valence-corrected chi connectivity index (χ2v) is 3.85. The topological polar surface area (TPSA) is 41.6 Å². The third-order valence-electron chi connectivity index (χ3n) is 2.02. The molecule has 0 aromatic heterocycles. The molecule has 1 aromatic carbocycles. The molecule has 0 saturated carbocycles. The predicted molar refractivity (Wildman–Crippen MR) is 63.6 cm³/mol. The summed E-state index contributed by atoms with van der Waals surface area (Å²) in [6.07, 6.45) is 0. The number of hydrogen-bond donors (Lipinski definition) is 1. The molecule has 4 nitrogen and oxygen atoms in total. The van der Waals surface area contributed by atoms with Gasteiger partial charge >= 0.3 is 6.03 Å². The first kappa shape index (κ1) is 11.8. The average molecular weight is 273 g/mol. The zero-order chi connectivity index (χ0) is 11.4. The molecule has 0 aliphatic carbocycles. The molecule has 1 N–H and O–H groups in total. The number of anilines is 1. The standard InChI is InChI=1S/C10H13BrN2O2/c1-12-10(14)13(2)8-6-7(11)4-5-9(8)15-3/h4-6H,1-3H3,(H,12,14). The summed E-state index contributed by atoms with van der Waals surface area (Å²) in [4.78, 5) is 12.9. The van der Waals surface area contributed by atoms with Crippen molar-refractivity contribution in [2.24, 2.45) is 0 Å². The molecule has 0 bridgehead atoms. The van der Waals surface area contributed by atoms with Crippen molar-refractivity contribution in [2.45, 2.75) is 0 Å². The van der Waals surface area contributed by atoms with Gasteiger partial charge in [-0.1, -0.05) is 15.9 Å². The molecule has 0 aliphatic rings. The van der Waals surface area contributed by atoms with E-state index >= 15 is 0 Å². The van der Waals surface area contributed by atoms with Crippen molar-refractivity contribution in [1.82, 2.24) is 5.32 Å². The second-order valence-electron chi connectivity index (χ2n) is 2.93. The van der Waals surface area contributed by atoms with Crippen molar-refractivity contribution in [3.63, 3.8) is 0 Å². The average Bonchev–Trinajstić information content (AvgIpc) is 2.27. The molecule has 0 heterocycles. The summed E-state index contributed by atoms with van der Waals surface area (Å²) in [5.41, 5.74) is 0.714. The van der Waals surface area contributed by atoms with E-state index in [0.29, 0.717) is 11.4 Å². The van der Waals surface area contributed by atoms with E-state index in [-0.39, 0.29) is 6.03 Å². The van der Waals surface area contributed by atoms with Gasteiger partial charge in [-0.15, -0.1) is 0 Å². The van der Waals surface area contributed by atoms with E-state index in [2.05, 4.69) is 21.2 Å². The zero-order valence-electron chi connectivity index (χ0n) is 8.87. The van der Waals surface area contributed by atoms with Crippen LogP contribution in [-0.2, 0) is 0 Å². The highest BCUT2D eigenvalue weighted by Crippen LogP contribution is 2.30. The van der Waals surface area contributed by atoms with Gasteiger partial charge in [-0.25, -0.2) is 4.79 Å². The fraction of sp³-hybridized carbons (Fsp3) is 0.300. The quantitative estimate of drug-likeness (QED) is 0.897. The van der Waals surface area contributed by atoms with Gasteiger partial charge in [0.25, 0.3) is 0 Å². The Kier molecular flexibility index (Phi) is 3.96. The number of urea groups is 1. The Morgan fingerprint density at radius 3 is 2.73 bits per heavy atom. The smallest absolute Gasteiger partial charge is 0.321 e. The fourth-order valence-corrected chi connectivity index (χ4v) is 1.55. The van der Waals surface area contributed by atoms with Gasteiger partial charge in [0.15, 0.2) is 0 Å². The number of amides is 2. The monoisotopic (exact) mass is 272 g/mol. The van der Waals surface area contributed by atoms with E-state index in [0.717, 1.165) is 4.47 Å². The molecular formula is C10H13BrN2O2. The van der Waals surface area contributed by atoms with Gasteiger partial charge < -0.3 is 10.1 Å². The lowest BCUT2D eigenvalue weighted by atomic mass is 10.3. The molecule has 0 atom stereocenters. The molecule has 0 radical (unpaired) electrons. The fourth-order valence-electron chi connectivity index (χ4n) is 1.20. The maximum absolute atomic E-state index is 11.4. The Bertz CT molecular complexity index is 368. The molecule has 0 saturated heterocycles. The molecule has 82 valence electrons. The highest BCUT2D eigenvalue weighted by atomic mass is 79.9. The van der Waals surface area contributed by atoms with Crippen molar-refractivity contribution in [1.29, 1.82) is 0 Å². The van der Waals surface area contributed by atoms with Crippen LogP contribution in [0.3, 0.4) is 0 Å². The molecule has 0 aliphatic heterocycles. The van der Waals surface area contributed by atoms with Crippen molar-refractivity contribution in [2.75, 3.05) is 26.1 Å². The molecule has 0 fully saturated rings. The van der Waals surface area contributed by atoms with Gasteiger partial charge in [0.2, 0.25) is 0 Å². The number of ether oxygens (including phenoxy) is 1. The minimum atomic E-state index is -0.189. The van der Waals surface area contributed by atoms with Gasteiger partial charge in [0.1, 0.15) is 5.75 Å². The highest BCUT2D eigenvalue weighted by Gasteiger charge is 2.13. The van der Waals surface area contributed by atoms with E-state index in [4.69, 9.17) is 4.74 Å². The molecule has 15 heavy (non-hydrogen) atoms. The first-order chi connectivity index (χ1) is 7.10. The van der Waals surface area contributed by atoms with Crippen LogP contribution in [0, 0.1) is 0 Å². The number of halogens is 1. The van der Waals surface area contributed by atoms with Crippen molar-refractivity contribution in [3.8, 4) is 5.75 Å². The van der Waals surface area contributed by atoms with Crippen LogP contribution in [-0.4, -0.2) is 27.2 Å². The normalized spacial score (nSPS) is 9.60. The summed E-state index contributed by atoms with van der Waals surface area (Å²) >= 11 is 3.35. The maximum atomic E-state index is 11.4. The molecule has 5 heteroatoms. The number of nitrogens with one attached hydrogen (secondary N) is 1. The molecule has 1 aromatic rings. The van der Waals surface area contributed by atoms with E-state index in [1.807, 2.05) is 12.1 Å². The van der Waals surface area contributed by atoms with E-state index in [9.17, 15) is 4.79 Å². The number of nitrogens with zero attached hydrogens (tertiary/aromatic N) is 1. The molecule has 1 rings (SSSR count). The van der Waals surface area contributed by atoms with Crippen molar-refractivity contribution >= 4 is 27.6 Å². The van der Waals surface area contributed by atoms with E-state index < -0.39 is 0 Å². The first-order valence-corrected chi connectivity index (χ1v) is 5.18. The summed E-state index contributed by atoms with van der Waals surface area (Å²) in [6, 6.07) is 5.30. The van der Waals surface area contributed by atoms with Crippen molar-refractivity contribution < 1.29 is 9.53 Å². The lowest BCUT2D eigenvalue weighted by Crippen LogP contribution is -2.34. The number of carbonyl (C=O) groups excluding carboxylic acids is 1.